The second kappa shape index (κ2) is 3.90. The summed E-state index contributed by atoms with van der Waals surface area (Å²) in [6.45, 7) is 1.63. The van der Waals surface area contributed by atoms with Crippen molar-refractivity contribution in [2.75, 3.05) is 0 Å². The molecule has 1 atom stereocenters. The van der Waals surface area contributed by atoms with Crippen LogP contribution >= 0.6 is 15.9 Å². The van der Waals surface area contributed by atoms with E-state index in [1.54, 1.807) is 6.92 Å². The molecule has 0 spiro atoms. The summed E-state index contributed by atoms with van der Waals surface area (Å²) in [5.41, 5.74) is 0.198. The standard InChI is InChI=1S/C9H8BrF3O/c1-5-2-3-7(11)6(4-5)8(14)9(10,12)13/h2-4,8,14H,1H3. The summed E-state index contributed by atoms with van der Waals surface area (Å²) in [5.74, 6) is -0.845. The number of aliphatic hydroxyl groups is 1. The molecule has 0 aliphatic heterocycles. The Morgan fingerprint density at radius 2 is 2.00 bits per heavy atom. The summed E-state index contributed by atoms with van der Waals surface area (Å²) in [6.07, 6.45) is -2.18. The first-order valence-electron chi connectivity index (χ1n) is 3.83. The number of benzene rings is 1. The Hall–Kier alpha value is -0.550. The van der Waals surface area contributed by atoms with Gasteiger partial charge in [-0.1, -0.05) is 17.7 Å². The van der Waals surface area contributed by atoms with Gasteiger partial charge in [0.25, 0.3) is 0 Å². The molecule has 78 valence electrons. The lowest BCUT2D eigenvalue weighted by Crippen LogP contribution is -2.19. The van der Waals surface area contributed by atoms with Gasteiger partial charge in [-0.25, -0.2) is 4.39 Å². The van der Waals surface area contributed by atoms with E-state index in [0.717, 1.165) is 6.07 Å². The second-order valence-corrected chi connectivity index (χ2v) is 4.03. The number of alkyl halides is 3. The van der Waals surface area contributed by atoms with Crippen molar-refractivity contribution in [3.8, 4) is 0 Å². The average molecular weight is 269 g/mol. The van der Waals surface area contributed by atoms with Gasteiger partial charge in [-0.05, 0) is 28.9 Å². The lowest BCUT2D eigenvalue weighted by Gasteiger charge is -2.17. The molecule has 0 amide bonds. The summed E-state index contributed by atoms with van der Waals surface area (Å²) in [7, 11) is 0. The van der Waals surface area contributed by atoms with Crippen molar-refractivity contribution in [3.05, 3.63) is 35.1 Å². The minimum Gasteiger partial charge on any atom is -0.381 e. The van der Waals surface area contributed by atoms with Crippen molar-refractivity contribution in [2.24, 2.45) is 0 Å². The van der Waals surface area contributed by atoms with Crippen molar-refractivity contribution in [2.45, 2.75) is 17.9 Å². The molecular weight excluding hydrogens is 261 g/mol. The van der Waals surface area contributed by atoms with Crippen molar-refractivity contribution in [1.82, 2.24) is 0 Å². The van der Waals surface area contributed by atoms with E-state index in [1.165, 1.54) is 12.1 Å². The van der Waals surface area contributed by atoms with Crippen LogP contribution in [0.25, 0.3) is 0 Å². The van der Waals surface area contributed by atoms with Gasteiger partial charge in [0.05, 0.1) is 0 Å². The molecule has 0 radical (unpaired) electrons. The van der Waals surface area contributed by atoms with Gasteiger partial charge >= 0.3 is 4.83 Å². The highest BCUT2D eigenvalue weighted by molar-refractivity contribution is 9.10. The summed E-state index contributed by atoms with van der Waals surface area (Å²) >= 11 is 1.99. The summed E-state index contributed by atoms with van der Waals surface area (Å²) in [5, 5.41) is 9.13. The van der Waals surface area contributed by atoms with E-state index in [1.807, 2.05) is 15.9 Å². The topological polar surface area (TPSA) is 20.2 Å². The summed E-state index contributed by atoms with van der Waals surface area (Å²) in [4.78, 5) is -3.53. The molecule has 1 unspecified atom stereocenters. The van der Waals surface area contributed by atoms with E-state index in [9.17, 15) is 13.2 Å². The van der Waals surface area contributed by atoms with Crippen LogP contribution in [0.15, 0.2) is 18.2 Å². The quantitative estimate of drug-likeness (QED) is 0.817. The van der Waals surface area contributed by atoms with Gasteiger partial charge in [0.1, 0.15) is 5.82 Å². The number of rotatable bonds is 2. The predicted molar refractivity (Wildman–Crippen MR) is 50.0 cm³/mol. The molecule has 1 rings (SSSR count). The van der Waals surface area contributed by atoms with Gasteiger partial charge in [0, 0.05) is 5.56 Å². The molecule has 0 saturated carbocycles. The molecule has 1 N–H and O–H groups in total. The van der Waals surface area contributed by atoms with Gasteiger partial charge in [-0.15, -0.1) is 0 Å². The molecule has 5 heteroatoms. The zero-order valence-corrected chi connectivity index (χ0v) is 8.85. The maximum atomic E-state index is 13.0. The number of aliphatic hydroxyl groups excluding tert-OH is 1. The molecule has 0 heterocycles. The highest BCUT2D eigenvalue weighted by atomic mass is 79.9. The Kier molecular flexibility index (Phi) is 3.21. The lowest BCUT2D eigenvalue weighted by atomic mass is 10.1. The molecule has 0 saturated heterocycles. The number of aryl methyl sites for hydroxylation is 1. The van der Waals surface area contributed by atoms with Crippen LogP contribution < -0.4 is 0 Å². The fourth-order valence-electron chi connectivity index (χ4n) is 1.05. The van der Waals surface area contributed by atoms with Crippen molar-refractivity contribution in [3.63, 3.8) is 0 Å². The third kappa shape index (κ3) is 2.48. The Morgan fingerprint density at radius 3 is 2.50 bits per heavy atom. The van der Waals surface area contributed by atoms with Crippen LogP contribution in [-0.2, 0) is 0 Å². The molecule has 0 aliphatic rings. The first-order chi connectivity index (χ1) is 6.32. The van der Waals surface area contributed by atoms with Crippen LogP contribution in [0.2, 0.25) is 0 Å². The summed E-state index contributed by atoms with van der Waals surface area (Å²) in [6, 6.07) is 3.68. The van der Waals surface area contributed by atoms with Crippen LogP contribution in [-0.4, -0.2) is 9.94 Å². The Bertz CT molecular complexity index is 335. The molecule has 0 aromatic heterocycles. The molecule has 0 fully saturated rings. The highest BCUT2D eigenvalue weighted by Gasteiger charge is 2.37. The van der Waals surface area contributed by atoms with Crippen molar-refractivity contribution in [1.29, 1.82) is 0 Å². The first kappa shape index (κ1) is 11.5. The Morgan fingerprint density at radius 1 is 1.43 bits per heavy atom. The normalized spacial score (nSPS) is 14.1. The molecule has 0 aliphatic carbocycles. The van der Waals surface area contributed by atoms with E-state index in [-0.39, 0.29) is 0 Å². The second-order valence-electron chi connectivity index (χ2n) is 2.97. The molecular formula is C9H8BrF3O. The van der Waals surface area contributed by atoms with Gasteiger partial charge in [0.2, 0.25) is 0 Å². The maximum Gasteiger partial charge on any atom is 0.330 e. The monoisotopic (exact) mass is 268 g/mol. The largest absolute Gasteiger partial charge is 0.381 e. The number of halogens is 4. The van der Waals surface area contributed by atoms with Crippen LogP contribution in [0.4, 0.5) is 13.2 Å². The van der Waals surface area contributed by atoms with Crippen LogP contribution in [0.3, 0.4) is 0 Å². The van der Waals surface area contributed by atoms with Gasteiger partial charge in [0.15, 0.2) is 6.10 Å². The zero-order chi connectivity index (χ0) is 10.9. The zero-order valence-electron chi connectivity index (χ0n) is 7.27. The van der Waals surface area contributed by atoms with Gasteiger partial charge < -0.3 is 5.11 Å². The molecule has 0 bridgehead atoms. The van der Waals surface area contributed by atoms with Crippen molar-refractivity contribution >= 4 is 15.9 Å². The highest BCUT2D eigenvalue weighted by Crippen LogP contribution is 2.37. The fraction of sp³-hybridized carbons (Fsp3) is 0.333. The maximum absolute atomic E-state index is 13.0. The minimum atomic E-state index is -3.53. The first-order valence-corrected chi connectivity index (χ1v) is 4.62. The van der Waals surface area contributed by atoms with E-state index in [0.29, 0.717) is 5.56 Å². The summed E-state index contributed by atoms with van der Waals surface area (Å²) < 4.78 is 38.3. The number of hydrogen-bond donors (Lipinski definition) is 1. The fourth-order valence-corrected chi connectivity index (χ4v) is 1.30. The van der Waals surface area contributed by atoms with E-state index >= 15 is 0 Å². The molecule has 14 heavy (non-hydrogen) atoms. The van der Waals surface area contributed by atoms with Crippen molar-refractivity contribution < 1.29 is 18.3 Å². The SMILES string of the molecule is Cc1ccc(F)c(C(O)C(F)(F)Br)c1. The number of hydrogen-bond acceptors (Lipinski definition) is 1. The third-order valence-electron chi connectivity index (χ3n) is 1.76. The Labute approximate surface area is 87.7 Å². The average Bonchev–Trinajstić information content (AvgIpc) is 2.06. The van der Waals surface area contributed by atoms with Crippen LogP contribution in [0.5, 0.6) is 0 Å². The molecule has 1 aromatic rings. The van der Waals surface area contributed by atoms with Crippen LogP contribution in [0, 0.1) is 12.7 Å². The lowest BCUT2D eigenvalue weighted by molar-refractivity contribution is -0.0312. The molecule has 1 nitrogen and oxygen atoms in total. The Balaban J connectivity index is 3.12. The third-order valence-corrected chi connectivity index (χ3v) is 2.19. The van der Waals surface area contributed by atoms with E-state index in [4.69, 9.17) is 5.11 Å². The molecule has 1 aromatic carbocycles. The van der Waals surface area contributed by atoms with E-state index < -0.39 is 22.3 Å². The van der Waals surface area contributed by atoms with Gasteiger partial charge in [-0.2, -0.15) is 8.78 Å². The van der Waals surface area contributed by atoms with Crippen LogP contribution in [0.1, 0.15) is 17.2 Å². The predicted octanol–water partition coefficient (Wildman–Crippen LogP) is 3.16. The van der Waals surface area contributed by atoms with Gasteiger partial charge in [-0.3, -0.25) is 0 Å². The smallest absolute Gasteiger partial charge is 0.330 e. The van der Waals surface area contributed by atoms with E-state index in [2.05, 4.69) is 0 Å². The minimum absolute atomic E-state index is 0.410.